The van der Waals surface area contributed by atoms with Crippen LogP contribution in [0.25, 0.3) is 6.08 Å². The second kappa shape index (κ2) is 10.2. The molecule has 0 spiro atoms. The molecular formula is C19H28N2O2. The fraction of sp³-hybridized carbons (Fsp3) is 0.526. The molecule has 1 fully saturated rings. The first kappa shape index (κ1) is 17.7. The van der Waals surface area contributed by atoms with Crippen LogP contribution >= 0.6 is 0 Å². The maximum absolute atomic E-state index is 11.8. The van der Waals surface area contributed by atoms with Gasteiger partial charge in [-0.1, -0.05) is 42.5 Å². The second-order valence-corrected chi connectivity index (χ2v) is 6.13. The lowest BCUT2D eigenvalue weighted by molar-refractivity contribution is -0.121. The van der Waals surface area contributed by atoms with Crippen LogP contribution in [0.2, 0.25) is 0 Å². The van der Waals surface area contributed by atoms with Gasteiger partial charge in [0.2, 0.25) is 5.91 Å². The first-order chi connectivity index (χ1) is 11.2. The molecule has 0 atom stereocenters. The molecule has 1 heterocycles. The number of benzene rings is 1. The zero-order chi connectivity index (χ0) is 16.3. The van der Waals surface area contributed by atoms with Crippen molar-refractivity contribution in [2.75, 3.05) is 26.2 Å². The van der Waals surface area contributed by atoms with Crippen molar-refractivity contribution in [2.45, 2.75) is 38.2 Å². The Bertz CT molecular complexity index is 479. The molecule has 0 unspecified atom stereocenters. The molecule has 1 aliphatic rings. The van der Waals surface area contributed by atoms with Gasteiger partial charge >= 0.3 is 0 Å². The predicted molar refractivity (Wildman–Crippen MR) is 94.0 cm³/mol. The smallest absolute Gasteiger partial charge is 0.220 e. The molecule has 4 heteroatoms. The Kier molecular flexibility index (Phi) is 7.84. The topological polar surface area (TPSA) is 52.6 Å². The number of carbonyl (C=O) groups is 1. The molecule has 0 bridgehead atoms. The van der Waals surface area contributed by atoms with Crippen LogP contribution in [-0.2, 0) is 4.79 Å². The van der Waals surface area contributed by atoms with Gasteiger partial charge in [0.05, 0.1) is 6.10 Å². The van der Waals surface area contributed by atoms with Crippen LogP contribution < -0.4 is 5.32 Å². The van der Waals surface area contributed by atoms with Crippen molar-refractivity contribution in [3.63, 3.8) is 0 Å². The van der Waals surface area contributed by atoms with E-state index in [1.54, 1.807) is 0 Å². The molecule has 0 aromatic heterocycles. The molecule has 1 saturated heterocycles. The average Bonchev–Trinajstić information content (AvgIpc) is 2.58. The Labute approximate surface area is 139 Å². The zero-order valence-electron chi connectivity index (χ0n) is 13.8. The fourth-order valence-electron chi connectivity index (χ4n) is 2.76. The van der Waals surface area contributed by atoms with Crippen molar-refractivity contribution in [3.8, 4) is 0 Å². The highest BCUT2D eigenvalue weighted by atomic mass is 16.3. The van der Waals surface area contributed by atoms with Crippen LogP contribution in [0.1, 0.15) is 37.7 Å². The quantitative estimate of drug-likeness (QED) is 0.724. The summed E-state index contributed by atoms with van der Waals surface area (Å²) in [6.45, 7) is 3.68. The highest BCUT2D eigenvalue weighted by Crippen LogP contribution is 2.09. The lowest BCUT2D eigenvalue weighted by Gasteiger charge is -2.29. The van der Waals surface area contributed by atoms with Crippen molar-refractivity contribution < 1.29 is 9.90 Å². The van der Waals surface area contributed by atoms with Crippen molar-refractivity contribution in [1.29, 1.82) is 0 Å². The monoisotopic (exact) mass is 316 g/mol. The zero-order valence-corrected chi connectivity index (χ0v) is 13.8. The highest BCUT2D eigenvalue weighted by Gasteiger charge is 2.15. The van der Waals surface area contributed by atoms with Crippen molar-refractivity contribution >= 4 is 12.0 Å². The summed E-state index contributed by atoms with van der Waals surface area (Å²) in [5, 5.41) is 12.4. The van der Waals surface area contributed by atoms with E-state index in [1.807, 2.05) is 24.3 Å². The molecule has 4 nitrogen and oxygen atoms in total. The predicted octanol–water partition coefficient (Wildman–Crippen LogP) is 2.44. The highest BCUT2D eigenvalue weighted by molar-refractivity contribution is 5.76. The molecule has 0 saturated carbocycles. The van der Waals surface area contributed by atoms with Crippen molar-refractivity contribution in [2.24, 2.45) is 0 Å². The van der Waals surface area contributed by atoms with Gasteiger partial charge in [0.15, 0.2) is 0 Å². The van der Waals surface area contributed by atoms with Gasteiger partial charge in [-0.05, 0) is 37.8 Å². The molecule has 2 N–H and O–H groups in total. The van der Waals surface area contributed by atoms with E-state index in [0.717, 1.165) is 51.9 Å². The third-order valence-electron chi connectivity index (χ3n) is 4.18. The Morgan fingerprint density at radius 3 is 2.74 bits per heavy atom. The molecule has 126 valence electrons. The fourth-order valence-corrected chi connectivity index (χ4v) is 2.76. The number of amides is 1. The number of hydrogen-bond acceptors (Lipinski definition) is 3. The van der Waals surface area contributed by atoms with E-state index in [2.05, 4.69) is 28.4 Å². The van der Waals surface area contributed by atoms with E-state index in [0.29, 0.717) is 6.42 Å². The summed E-state index contributed by atoms with van der Waals surface area (Å²) in [6.07, 6.45) is 8.02. The molecule has 1 amide bonds. The SMILES string of the molecule is O=C(CC/C=C/c1ccccc1)NCCCN1CCC(O)CC1. The van der Waals surface area contributed by atoms with Crippen LogP contribution in [0.4, 0.5) is 0 Å². The number of rotatable bonds is 8. The van der Waals surface area contributed by atoms with E-state index in [4.69, 9.17) is 0 Å². The standard InChI is InChI=1S/C19H28N2O2/c22-18-11-15-21(16-12-18)14-6-13-20-19(23)10-5-4-9-17-7-2-1-3-8-17/h1-4,7-9,18,22H,5-6,10-16H2,(H,20,23)/b9-4+. The van der Waals surface area contributed by atoms with Gasteiger partial charge < -0.3 is 15.3 Å². The normalized spacial score (nSPS) is 16.7. The summed E-state index contributed by atoms with van der Waals surface area (Å²) in [5.74, 6) is 0.122. The van der Waals surface area contributed by atoms with Gasteiger partial charge in [-0.25, -0.2) is 0 Å². The Morgan fingerprint density at radius 2 is 2.00 bits per heavy atom. The van der Waals surface area contributed by atoms with Crippen molar-refractivity contribution in [3.05, 3.63) is 42.0 Å². The average molecular weight is 316 g/mol. The van der Waals surface area contributed by atoms with Crippen LogP contribution in [0, 0.1) is 0 Å². The number of hydrogen-bond donors (Lipinski definition) is 2. The Hall–Kier alpha value is -1.65. The minimum atomic E-state index is -0.116. The third-order valence-corrected chi connectivity index (χ3v) is 4.18. The molecule has 1 aliphatic heterocycles. The van der Waals surface area contributed by atoms with Gasteiger partial charge in [-0.3, -0.25) is 4.79 Å². The summed E-state index contributed by atoms with van der Waals surface area (Å²) in [5.41, 5.74) is 1.17. The Balaban J connectivity index is 1.49. The first-order valence-corrected chi connectivity index (χ1v) is 8.63. The Morgan fingerprint density at radius 1 is 1.26 bits per heavy atom. The maximum Gasteiger partial charge on any atom is 0.220 e. The molecule has 23 heavy (non-hydrogen) atoms. The van der Waals surface area contributed by atoms with E-state index in [-0.39, 0.29) is 12.0 Å². The molecule has 1 aromatic rings. The summed E-state index contributed by atoms with van der Waals surface area (Å²) in [6, 6.07) is 10.1. The number of nitrogens with one attached hydrogen (secondary N) is 1. The maximum atomic E-state index is 11.8. The van der Waals surface area contributed by atoms with Gasteiger partial charge in [-0.2, -0.15) is 0 Å². The van der Waals surface area contributed by atoms with Gasteiger partial charge in [0.1, 0.15) is 0 Å². The lowest BCUT2D eigenvalue weighted by Crippen LogP contribution is -2.37. The molecular weight excluding hydrogens is 288 g/mol. The van der Waals surface area contributed by atoms with E-state index in [9.17, 15) is 9.90 Å². The van der Waals surface area contributed by atoms with E-state index >= 15 is 0 Å². The van der Waals surface area contributed by atoms with Crippen LogP contribution in [0.5, 0.6) is 0 Å². The summed E-state index contributed by atoms with van der Waals surface area (Å²) in [4.78, 5) is 14.1. The van der Waals surface area contributed by atoms with Crippen LogP contribution in [0.15, 0.2) is 36.4 Å². The first-order valence-electron chi connectivity index (χ1n) is 8.63. The minimum absolute atomic E-state index is 0.116. The van der Waals surface area contributed by atoms with Gasteiger partial charge in [-0.15, -0.1) is 0 Å². The summed E-state index contributed by atoms with van der Waals surface area (Å²) >= 11 is 0. The van der Waals surface area contributed by atoms with E-state index < -0.39 is 0 Å². The number of aliphatic hydroxyl groups is 1. The van der Waals surface area contributed by atoms with Crippen molar-refractivity contribution in [1.82, 2.24) is 10.2 Å². The molecule has 0 radical (unpaired) electrons. The lowest BCUT2D eigenvalue weighted by atomic mass is 10.1. The van der Waals surface area contributed by atoms with Crippen LogP contribution in [-0.4, -0.2) is 48.2 Å². The molecule has 2 rings (SSSR count). The largest absolute Gasteiger partial charge is 0.393 e. The number of carbonyl (C=O) groups excluding carboxylic acids is 1. The number of piperidine rings is 1. The van der Waals surface area contributed by atoms with Gasteiger partial charge in [0, 0.05) is 26.1 Å². The van der Waals surface area contributed by atoms with Gasteiger partial charge in [0.25, 0.3) is 0 Å². The summed E-state index contributed by atoms with van der Waals surface area (Å²) in [7, 11) is 0. The molecule has 1 aromatic carbocycles. The number of nitrogens with zero attached hydrogens (tertiary/aromatic N) is 1. The minimum Gasteiger partial charge on any atom is -0.393 e. The third kappa shape index (κ3) is 7.44. The van der Waals surface area contributed by atoms with E-state index in [1.165, 1.54) is 5.56 Å². The molecule has 0 aliphatic carbocycles. The number of likely N-dealkylation sites (tertiary alicyclic amines) is 1. The number of allylic oxidation sites excluding steroid dienone is 1. The van der Waals surface area contributed by atoms with Crippen LogP contribution in [0.3, 0.4) is 0 Å². The second-order valence-electron chi connectivity index (χ2n) is 6.13. The number of aliphatic hydroxyl groups excluding tert-OH is 1. The summed E-state index contributed by atoms with van der Waals surface area (Å²) < 4.78 is 0.